The lowest BCUT2D eigenvalue weighted by Gasteiger charge is -2.09. The van der Waals surface area contributed by atoms with Crippen molar-refractivity contribution in [1.82, 2.24) is 9.78 Å². The van der Waals surface area contributed by atoms with Crippen LogP contribution in [0.5, 0.6) is 0 Å². The van der Waals surface area contributed by atoms with Crippen LogP contribution in [0.15, 0.2) is 24.3 Å². The molecule has 0 aliphatic rings. The van der Waals surface area contributed by atoms with Crippen LogP contribution in [0.4, 0.5) is 11.5 Å². The highest BCUT2D eigenvalue weighted by atomic mass is 127. The van der Waals surface area contributed by atoms with Crippen molar-refractivity contribution in [2.24, 2.45) is 7.05 Å². The second kappa shape index (κ2) is 4.97. The van der Waals surface area contributed by atoms with E-state index in [9.17, 15) is 9.90 Å². The molecule has 0 bridgehead atoms. The molecule has 0 saturated carbocycles. The van der Waals surface area contributed by atoms with Gasteiger partial charge in [0.1, 0.15) is 5.82 Å². The number of hydrogen-bond acceptors (Lipinski definition) is 3. The lowest BCUT2D eigenvalue weighted by molar-refractivity contribution is 0.0698. The summed E-state index contributed by atoms with van der Waals surface area (Å²) in [5, 5.41) is 16.5. The Morgan fingerprint density at radius 3 is 2.72 bits per heavy atom. The zero-order valence-corrected chi connectivity index (χ0v) is 12.1. The second-order valence-corrected chi connectivity index (χ2v) is 5.16. The maximum Gasteiger partial charge on any atom is 0.337 e. The zero-order valence-electron chi connectivity index (χ0n) is 9.94. The summed E-state index contributed by atoms with van der Waals surface area (Å²) in [5.41, 5.74) is 1.69. The first-order valence-electron chi connectivity index (χ1n) is 5.28. The Kier molecular flexibility index (Phi) is 3.55. The number of halogens is 1. The molecule has 2 aromatic rings. The lowest BCUT2D eigenvalue weighted by Crippen LogP contribution is -2.05. The number of aryl methyl sites for hydroxylation is 2. The van der Waals surface area contributed by atoms with E-state index in [4.69, 9.17) is 0 Å². The van der Waals surface area contributed by atoms with Crippen LogP contribution in [0.25, 0.3) is 0 Å². The molecule has 0 saturated heterocycles. The summed E-state index contributed by atoms with van der Waals surface area (Å²) < 4.78 is 2.57. The maximum absolute atomic E-state index is 11.2. The molecule has 6 heteroatoms. The standard InChI is InChI=1S/C12H12IN3O2/c1-7-5-11(16(2)15-7)14-10-4-3-8(13)6-9(10)12(17)18/h3-6,14H,1-2H3,(H,17,18). The Hall–Kier alpha value is -1.57. The highest BCUT2D eigenvalue weighted by Crippen LogP contribution is 2.23. The van der Waals surface area contributed by atoms with Crippen LogP contribution in [0.1, 0.15) is 16.1 Å². The lowest BCUT2D eigenvalue weighted by atomic mass is 10.2. The van der Waals surface area contributed by atoms with Crippen LogP contribution < -0.4 is 5.32 Å². The van der Waals surface area contributed by atoms with Gasteiger partial charge in [0, 0.05) is 16.7 Å². The first-order valence-corrected chi connectivity index (χ1v) is 6.36. The van der Waals surface area contributed by atoms with Crippen molar-refractivity contribution in [2.75, 3.05) is 5.32 Å². The first kappa shape index (κ1) is 12.9. The minimum atomic E-state index is -0.949. The number of anilines is 2. The summed E-state index contributed by atoms with van der Waals surface area (Å²) >= 11 is 2.09. The van der Waals surface area contributed by atoms with Gasteiger partial charge >= 0.3 is 5.97 Å². The molecular weight excluding hydrogens is 345 g/mol. The monoisotopic (exact) mass is 357 g/mol. The molecular formula is C12H12IN3O2. The van der Waals surface area contributed by atoms with Crippen LogP contribution in [-0.2, 0) is 7.05 Å². The second-order valence-electron chi connectivity index (χ2n) is 3.91. The van der Waals surface area contributed by atoms with Crippen LogP contribution in [0.3, 0.4) is 0 Å². The highest BCUT2D eigenvalue weighted by molar-refractivity contribution is 14.1. The summed E-state index contributed by atoms with van der Waals surface area (Å²) in [6.45, 7) is 1.89. The van der Waals surface area contributed by atoms with Crippen molar-refractivity contribution < 1.29 is 9.90 Å². The smallest absolute Gasteiger partial charge is 0.337 e. The minimum Gasteiger partial charge on any atom is -0.478 e. The van der Waals surface area contributed by atoms with Gasteiger partial charge in [0.2, 0.25) is 0 Å². The average molecular weight is 357 g/mol. The molecule has 2 rings (SSSR count). The zero-order chi connectivity index (χ0) is 13.3. The van der Waals surface area contributed by atoms with Gasteiger partial charge in [-0.15, -0.1) is 0 Å². The molecule has 0 spiro atoms. The fourth-order valence-electron chi connectivity index (χ4n) is 1.67. The average Bonchev–Trinajstić information content (AvgIpc) is 2.60. The van der Waals surface area contributed by atoms with Crippen LogP contribution in [0.2, 0.25) is 0 Å². The summed E-state index contributed by atoms with van der Waals surface area (Å²) in [7, 11) is 1.81. The minimum absolute atomic E-state index is 0.251. The van der Waals surface area contributed by atoms with E-state index in [0.717, 1.165) is 15.1 Å². The van der Waals surface area contributed by atoms with Crippen LogP contribution in [0, 0.1) is 10.5 Å². The molecule has 1 aromatic heterocycles. The molecule has 1 aromatic carbocycles. The normalized spacial score (nSPS) is 10.4. The number of nitrogens with one attached hydrogen (secondary N) is 1. The number of rotatable bonds is 3. The molecule has 0 radical (unpaired) electrons. The molecule has 18 heavy (non-hydrogen) atoms. The van der Waals surface area contributed by atoms with E-state index >= 15 is 0 Å². The maximum atomic E-state index is 11.2. The molecule has 0 amide bonds. The molecule has 5 nitrogen and oxygen atoms in total. The van der Waals surface area contributed by atoms with Gasteiger partial charge in [-0.25, -0.2) is 4.79 Å². The van der Waals surface area contributed by atoms with Gasteiger partial charge in [0.15, 0.2) is 0 Å². The number of aromatic carboxylic acids is 1. The van der Waals surface area contributed by atoms with Gasteiger partial charge in [0.05, 0.1) is 16.9 Å². The van der Waals surface area contributed by atoms with Gasteiger partial charge < -0.3 is 10.4 Å². The Morgan fingerprint density at radius 1 is 1.44 bits per heavy atom. The number of aromatic nitrogens is 2. The molecule has 0 unspecified atom stereocenters. The van der Waals surface area contributed by atoms with Crippen molar-refractivity contribution in [2.45, 2.75) is 6.92 Å². The van der Waals surface area contributed by atoms with E-state index in [2.05, 4.69) is 33.0 Å². The number of nitrogens with zero attached hydrogens (tertiary/aromatic N) is 2. The summed E-state index contributed by atoms with van der Waals surface area (Å²) in [6.07, 6.45) is 0. The molecule has 94 valence electrons. The van der Waals surface area contributed by atoms with Gasteiger partial charge in [-0.05, 0) is 47.7 Å². The van der Waals surface area contributed by atoms with E-state index in [1.807, 2.05) is 26.1 Å². The van der Waals surface area contributed by atoms with E-state index in [-0.39, 0.29) is 5.56 Å². The molecule has 1 heterocycles. The SMILES string of the molecule is Cc1cc(Nc2ccc(I)cc2C(=O)O)n(C)n1. The fraction of sp³-hybridized carbons (Fsp3) is 0.167. The van der Waals surface area contributed by atoms with Crippen molar-refractivity contribution in [1.29, 1.82) is 0 Å². The van der Waals surface area contributed by atoms with Crippen LogP contribution >= 0.6 is 22.6 Å². The van der Waals surface area contributed by atoms with Crippen molar-refractivity contribution in [3.05, 3.63) is 39.1 Å². The Labute approximate surface area is 118 Å². The van der Waals surface area contributed by atoms with E-state index in [0.29, 0.717) is 5.69 Å². The Bertz CT molecular complexity index is 607. The molecule has 0 aliphatic heterocycles. The van der Waals surface area contributed by atoms with Crippen molar-refractivity contribution in [3.63, 3.8) is 0 Å². The largest absolute Gasteiger partial charge is 0.478 e. The Morgan fingerprint density at radius 2 is 2.17 bits per heavy atom. The molecule has 0 fully saturated rings. The summed E-state index contributed by atoms with van der Waals surface area (Å²) in [4.78, 5) is 11.2. The van der Waals surface area contributed by atoms with E-state index < -0.39 is 5.97 Å². The highest BCUT2D eigenvalue weighted by Gasteiger charge is 2.12. The number of carboxylic acids is 1. The van der Waals surface area contributed by atoms with Crippen molar-refractivity contribution in [3.8, 4) is 0 Å². The van der Waals surface area contributed by atoms with Crippen molar-refractivity contribution >= 4 is 40.1 Å². The fourth-order valence-corrected chi connectivity index (χ4v) is 2.16. The number of benzene rings is 1. The van der Waals surface area contributed by atoms with Gasteiger partial charge in [-0.2, -0.15) is 5.10 Å². The predicted octanol–water partition coefficient (Wildman–Crippen LogP) is 2.77. The van der Waals surface area contributed by atoms with Gasteiger partial charge in [-0.1, -0.05) is 0 Å². The third-order valence-corrected chi connectivity index (χ3v) is 3.15. The number of hydrogen-bond donors (Lipinski definition) is 2. The molecule has 2 N–H and O–H groups in total. The van der Waals surface area contributed by atoms with Crippen LogP contribution in [-0.4, -0.2) is 20.9 Å². The summed E-state index contributed by atoms with van der Waals surface area (Å²) in [6, 6.07) is 7.12. The topological polar surface area (TPSA) is 67.2 Å². The first-order chi connectivity index (χ1) is 8.47. The Balaban J connectivity index is 2.40. The predicted molar refractivity (Wildman–Crippen MR) is 77.3 cm³/mol. The third-order valence-electron chi connectivity index (χ3n) is 2.48. The van der Waals surface area contributed by atoms with Gasteiger partial charge in [-0.3, -0.25) is 4.68 Å². The van der Waals surface area contributed by atoms with Gasteiger partial charge in [0.25, 0.3) is 0 Å². The molecule has 0 atom stereocenters. The quantitative estimate of drug-likeness (QED) is 0.829. The van der Waals surface area contributed by atoms with E-state index in [1.54, 1.807) is 16.8 Å². The summed E-state index contributed by atoms with van der Waals surface area (Å²) in [5.74, 6) is -0.189. The number of carbonyl (C=O) groups is 1. The van der Waals surface area contributed by atoms with E-state index in [1.165, 1.54) is 0 Å². The third kappa shape index (κ3) is 2.63. The number of carboxylic acid groups (broad SMARTS) is 1. The molecule has 0 aliphatic carbocycles.